The van der Waals surface area contributed by atoms with Crippen molar-refractivity contribution in [2.75, 3.05) is 26.9 Å². The van der Waals surface area contributed by atoms with E-state index in [0.717, 1.165) is 25.7 Å². The van der Waals surface area contributed by atoms with E-state index in [2.05, 4.69) is 6.92 Å². The van der Waals surface area contributed by atoms with Gasteiger partial charge in [-0.1, -0.05) is 38.3 Å². The monoisotopic (exact) mass is 324 g/mol. The summed E-state index contributed by atoms with van der Waals surface area (Å²) in [6.45, 7) is 1.90. The molecular weight excluding hydrogens is 300 g/mol. The second-order valence-electron chi connectivity index (χ2n) is 4.90. The van der Waals surface area contributed by atoms with Crippen LogP contribution in [-0.4, -0.2) is 38.9 Å². The summed E-state index contributed by atoms with van der Waals surface area (Å²) in [5, 5.41) is 0. The predicted octanol–water partition coefficient (Wildman–Crippen LogP) is 2.74. The van der Waals surface area contributed by atoms with Crippen molar-refractivity contribution in [1.29, 1.82) is 0 Å². The average Bonchev–Trinajstić information content (AvgIpc) is 2.55. The van der Waals surface area contributed by atoms with Crippen molar-refractivity contribution < 1.29 is 28.5 Å². The summed E-state index contributed by atoms with van der Waals surface area (Å²) in [6, 6.07) is 6.78. The summed E-state index contributed by atoms with van der Waals surface area (Å²) >= 11 is 0. The number of carbonyl (C=O) groups excluding carboxylic acids is 2. The van der Waals surface area contributed by atoms with Crippen LogP contribution in [0, 0.1) is 0 Å². The molecule has 0 aromatic heterocycles. The van der Waals surface area contributed by atoms with Crippen molar-refractivity contribution in [3.8, 4) is 11.5 Å². The van der Waals surface area contributed by atoms with E-state index >= 15 is 0 Å². The van der Waals surface area contributed by atoms with Gasteiger partial charge in [0.05, 0.1) is 13.7 Å². The SMILES string of the molecule is CCCCCCOC(=O)COCC(=O)Oc1ccccc1OC. The quantitative estimate of drug-likeness (QED) is 0.354. The lowest BCUT2D eigenvalue weighted by atomic mass is 10.2. The van der Waals surface area contributed by atoms with Crippen LogP contribution in [0.25, 0.3) is 0 Å². The molecule has 0 saturated heterocycles. The Labute approximate surface area is 136 Å². The molecule has 0 saturated carbocycles. The number of methoxy groups -OCH3 is 1. The molecule has 1 aromatic rings. The lowest BCUT2D eigenvalue weighted by Gasteiger charge is -2.09. The fraction of sp³-hybridized carbons (Fsp3) is 0.529. The smallest absolute Gasteiger partial charge is 0.337 e. The molecule has 0 unspecified atom stereocenters. The maximum absolute atomic E-state index is 11.6. The Morgan fingerprint density at radius 2 is 1.65 bits per heavy atom. The van der Waals surface area contributed by atoms with E-state index in [0.29, 0.717) is 18.1 Å². The lowest BCUT2D eigenvalue weighted by molar-refractivity contribution is -0.152. The molecule has 6 heteroatoms. The van der Waals surface area contributed by atoms with Gasteiger partial charge in [-0.05, 0) is 18.6 Å². The van der Waals surface area contributed by atoms with Gasteiger partial charge >= 0.3 is 11.9 Å². The van der Waals surface area contributed by atoms with Gasteiger partial charge in [0.15, 0.2) is 11.5 Å². The Morgan fingerprint density at radius 1 is 0.957 bits per heavy atom. The third-order valence-corrected chi connectivity index (χ3v) is 2.99. The largest absolute Gasteiger partial charge is 0.493 e. The van der Waals surface area contributed by atoms with Gasteiger partial charge < -0.3 is 18.9 Å². The number of benzene rings is 1. The molecule has 1 aromatic carbocycles. The van der Waals surface area contributed by atoms with E-state index in [1.54, 1.807) is 24.3 Å². The Kier molecular flexibility index (Phi) is 9.47. The first-order valence-corrected chi connectivity index (χ1v) is 7.74. The van der Waals surface area contributed by atoms with Crippen LogP contribution in [0.5, 0.6) is 11.5 Å². The van der Waals surface area contributed by atoms with Gasteiger partial charge in [-0.2, -0.15) is 0 Å². The maximum Gasteiger partial charge on any atom is 0.337 e. The summed E-state index contributed by atoms with van der Waals surface area (Å²) in [4.78, 5) is 23.0. The van der Waals surface area contributed by atoms with E-state index in [-0.39, 0.29) is 13.2 Å². The molecule has 0 aliphatic heterocycles. The normalized spacial score (nSPS) is 10.2. The molecule has 0 aliphatic rings. The number of para-hydroxylation sites is 2. The summed E-state index contributed by atoms with van der Waals surface area (Å²) in [5.74, 6) is -0.328. The highest BCUT2D eigenvalue weighted by Crippen LogP contribution is 2.25. The van der Waals surface area contributed by atoms with Gasteiger partial charge in [0.1, 0.15) is 13.2 Å². The highest BCUT2D eigenvalue weighted by atomic mass is 16.6. The molecular formula is C17H24O6. The molecule has 23 heavy (non-hydrogen) atoms. The van der Waals surface area contributed by atoms with Crippen LogP contribution in [0.4, 0.5) is 0 Å². The van der Waals surface area contributed by atoms with Crippen LogP contribution in [0.2, 0.25) is 0 Å². The van der Waals surface area contributed by atoms with Gasteiger partial charge in [0, 0.05) is 0 Å². The van der Waals surface area contributed by atoms with E-state index < -0.39 is 11.9 Å². The minimum atomic E-state index is -0.606. The summed E-state index contributed by atoms with van der Waals surface area (Å²) in [7, 11) is 1.49. The molecule has 0 atom stereocenters. The minimum Gasteiger partial charge on any atom is -0.493 e. The zero-order valence-electron chi connectivity index (χ0n) is 13.7. The molecule has 0 radical (unpaired) electrons. The fourth-order valence-corrected chi connectivity index (χ4v) is 1.83. The van der Waals surface area contributed by atoms with Crippen molar-refractivity contribution in [2.24, 2.45) is 0 Å². The van der Waals surface area contributed by atoms with Crippen LogP contribution in [0.15, 0.2) is 24.3 Å². The van der Waals surface area contributed by atoms with E-state index in [1.165, 1.54) is 7.11 Å². The molecule has 1 rings (SSSR count). The van der Waals surface area contributed by atoms with Crippen molar-refractivity contribution in [2.45, 2.75) is 32.6 Å². The van der Waals surface area contributed by atoms with Crippen molar-refractivity contribution in [1.82, 2.24) is 0 Å². The summed E-state index contributed by atoms with van der Waals surface area (Å²) in [5.41, 5.74) is 0. The Bertz CT molecular complexity index is 486. The lowest BCUT2D eigenvalue weighted by Crippen LogP contribution is -2.20. The van der Waals surface area contributed by atoms with Gasteiger partial charge in [-0.25, -0.2) is 9.59 Å². The third-order valence-electron chi connectivity index (χ3n) is 2.99. The molecule has 0 N–H and O–H groups in total. The van der Waals surface area contributed by atoms with Crippen molar-refractivity contribution in [3.63, 3.8) is 0 Å². The number of hydrogen-bond acceptors (Lipinski definition) is 6. The van der Waals surface area contributed by atoms with Crippen LogP contribution in [0.1, 0.15) is 32.6 Å². The van der Waals surface area contributed by atoms with Gasteiger partial charge in [-0.3, -0.25) is 0 Å². The molecule has 0 spiro atoms. The number of rotatable bonds is 11. The van der Waals surface area contributed by atoms with E-state index in [9.17, 15) is 9.59 Å². The fourth-order valence-electron chi connectivity index (χ4n) is 1.83. The Hall–Kier alpha value is -2.08. The third kappa shape index (κ3) is 8.21. The molecule has 128 valence electrons. The number of carbonyl (C=O) groups is 2. The van der Waals surface area contributed by atoms with Gasteiger partial charge in [0.25, 0.3) is 0 Å². The molecule has 0 amide bonds. The standard InChI is InChI=1S/C17H24O6/c1-3-4-5-8-11-22-16(18)12-21-13-17(19)23-15-10-7-6-9-14(15)20-2/h6-7,9-10H,3-5,8,11-13H2,1-2H3. The number of unbranched alkanes of at least 4 members (excludes halogenated alkanes) is 3. The molecule has 0 heterocycles. The first-order valence-electron chi connectivity index (χ1n) is 7.74. The second kappa shape index (κ2) is 11.5. The van der Waals surface area contributed by atoms with Crippen LogP contribution in [-0.2, 0) is 19.1 Å². The highest BCUT2D eigenvalue weighted by molar-refractivity contribution is 5.75. The summed E-state index contributed by atoms with van der Waals surface area (Å²) < 4.78 is 20.2. The molecule has 0 aliphatic carbocycles. The first kappa shape index (κ1) is 19.0. The predicted molar refractivity (Wildman–Crippen MR) is 84.5 cm³/mol. The average molecular weight is 324 g/mol. The Balaban J connectivity index is 2.17. The van der Waals surface area contributed by atoms with E-state index in [1.807, 2.05) is 0 Å². The highest BCUT2D eigenvalue weighted by Gasteiger charge is 2.11. The molecule has 6 nitrogen and oxygen atoms in total. The van der Waals surface area contributed by atoms with Crippen molar-refractivity contribution in [3.05, 3.63) is 24.3 Å². The van der Waals surface area contributed by atoms with Crippen LogP contribution >= 0.6 is 0 Å². The molecule has 0 fully saturated rings. The number of hydrogen-bond donors (Lipinski definition) is 0. The second-order valence-corrected chi connectivity index (χ2v) is 4.90. The van der Waals surface area contributed by atoms with Crippen LogP contribution < -0.4 is 9.47 Å². The van der Waals surface area contributed by atoms with Crippen molar-refractivity contribution >= 4 is 11.9 Å². The number of ether oxygens (including phenoxy) is 4. The van der Waals surface area contributed by atoms with E-state index in [4.69, 9.17) is 18.9 Å². The molecule has 0 bridgehead atoms. The topological polar surface area (TPSA) is 71.1 Å². The number of esters is 2. The Morgan fingerprint density at radius 3 is 2.35 bits per heavy atom. The minimum absolute atomic E-state index is 0.269. The zero-order chi connectivity index (χ0) is 16.9. The zero-order valence-corrected chi connectivity index (χ0v) is 13.7. The van der Waals surface area contributed by atoms with Gasteiger partial charge in [0.2, 0.25) is 0 Å². The van der Waals surface area contributed by atoms with Crippen LogP contribution in [0.3, 0.4) is 0 Å². The first-order chi connectivity index (χ1) is 11.2. The summed E-state index contributed by atoms with van der Waals surface area (Å²) in [6.07, 6.45) is 4.14. The van der Waals surface area contributed by atoms with Gasteiger partial charge in [-0.15, -0.1) is 0 Å². The maximum atomic E-state index is 11.6.